The number of nitrogens with zero attached hydrogens (tertiary/aromatic N) is 3. The van der Waals surface area contributed by atoms with Gasteiger partial charge in [-0.15, -0.1) is 11.8 Å². The maximum absolute atomic E-state index is 5.45. The predicted molar refractivity (Wildman–Crippen MR) is 82.3 cm³/mol. The highest BCUT2D eigenvalue weighted by atomic mass is 32.2. The van der Waals surface area contributed by atoms with E-state index in [0.717, 1.165) is 49.1 Å². The number of hydrogen-bond donors (Lipinski definition) is 2. The molecule has 0 spiro atoms. The first-order chi connectivity index (χ1) is 9.23. The number of aryl methyl sites for hydroxylation is 1. The Bertz CT molecular complexity index is 368. The summed E-state index contributed by atoms with van der Waals surface area (Å²) in [5, 5.41) is 0.999. The molecule has 0 aliphatic rings. The van der Waals surface area contributed by atoms with Crippen molar-refractivity contribution in [3.63, 3.8) is 0 Å². The van der Waals surface area contributed by atoms with Gasteiger partial charge in [-0.25, -0.2) is 15.8 Å². The second-order valence-electron chi connectivity index (χ2n) is 4.28. The molecule has 0 bridgehead atoms. The number of nitrogens with two attached hydrogens (primary N) is 1. The van der Waals surface area contributed by atoms with Gasteiger partial charge in [0.1, 0.15) is 16.7 Å². The highest BCUT2D eigenvalue weighted by Gasteiger charge is 2.05. The van der Waals surface area contributed by atoms with Gasteiger partial charge in [-0.05, 0) is 19.5 Å². The highest BCUT2D eigenvalue weighted by molar-refractivity contribution is 7.99. The Balaban J connectivity index is 2.58. The topological polar surface area (TPSA) is 67.1 Å². The van der Waals surface area contributed by atoms with Crippen LogP contribution in [0.3, 0.4) is 0 Å². The molecule has 0 fully saturated rings. The SMILES string of the molecule is CCCc1nc(NN)cc(SCCN(CC)CC)n1. The van der Waals surface area contributed by atoms with Crippen LogP contribution in [0.25, 0.3) is 0 Å². The van der Waals surface area contributed by atoms with E-state index in [0.29, 0.717) is 5.82 Å². The van der Waals surface area contributed by atoms with Crippen LogP contribution in [0.4, 0.5) is 5.82 Å². The van der Waals surface area contributed by atoms with Crippen LogP contribution in [-0.2, 0) is 6.42 Å². The molecule has 6 heteroatoms. The van der Waals surface area contributed by atoms with Gasteiger partial charge >= 0.3 is 0 Å². The third kappa shape index (κ3) is 5.76. The zero-order valence-corrected chi connectivity index (χ0v) is 13.0. The Hall–Kier alpha value is -0.850. The van der Waals surface area contributed by atoms with Crippen molar-refractivity contribution in [2.45, 2.75) is 38.6 Å². The first-order valence-corrected chi connectivity index (χ1v) is 7.91. The van der Waals surface area contributed by atoms with Gasteiger partial charge in [0.15, 0.2) is 0 Å². The summed E-state index contributed by atoms with van der Waals surface area (Å²) in [5.41, 5.74) is 2.61. The molecule has 19 heavy (non-hydrogen) atoms. The van der Waals surface area contributed by atoms with E-state index in [1.54, 1.807) is 11.8 Å². The average Bonchev–Trinajstić information content (AvgIpc) is 2.43. The van der Waals surface area contributed by atoms with Gasteiger partial charge < -0.3 is 10.3 Å². The van der Waals surface area contributed by atoms with E-state index in [4.69, 9.17) is 5.84 Å². The maximum atomic E-state index is 5.45. The van der Waals surface area contributed by atoms with Gasteiger partial charge in [-0.3, -0.25) is 0 Å². The molecule has 1 aromatic heterocycles. The number of aromatic nitrogens is 2. The minimum absolute atomic E-state index is 0.698. The van der Waals surface area contributed by atoms with E-state index in [2.05, 4.69) is 41.1 Å². The maximum Gasteiger partial charge on any atom is 0.144 e. The molecule has 1 rings (SSSR count). The minimum Gasteiger partial charge on any atom is -0.308 e. The summed E-state index contributed by atoms with van der Waals surface area (Å²) in [6.07, 6.45) is 1.93. The van der Waals surface area contributed by atoms with Crippen LogP contribution in [-0.4, -0.2) is 40.3 Å². The van der Waals surface area contributed by atoms with E-state index >= 15 is 0 Å². The molecule has 108 valence electrons. The second kappa shape index (κ2) is 9.12. The molecule has 0 aromatic carbocycles. The number of thioether (sulfide) groups is 1. The predicted octanol–water partition coefficient (Wildman–Crippen LogP) is 2.15. The third-order valence-corrected chi connectivity index (χ3v) is 3.81. The molecule has 0 atom stereocenters. The lowest BCUT2D eigenvalue weighted by Crippen LogP contribution is -2.25. The minimum atomic E-state index is 0.698. The molecule has 0 aliphatic heterocycles. The van der Waals surface area contributed by atoms with Crippen molar-refractivity contribution in [3.05, 3.63) is 11.9 Å². The van der Waals surface area contributed by atoms with Crippen LogP contribution in [0.2, 0.25) is 0 Å². The van der Waals surface area contributed by atoms with Crippen molar-refractivity contribution in [2.24, 2.45) is 5.84 Å². The highest BCUT2D eigenvalue weighted by Crippen LogP contribution is 2.19. The molecule has 0 aliphatic carbocycles. The van der Waals surface area contributed by atoms with Crippen LogP contribution >= 0.6 is 11.8 Å². The van der Waals surface area contributed by atoms with Crippen LogP contribution in [0.5, 0.6) is 0 Å². The molecular formula is C13H25N5S. The standard InChI is InChI=1S/C13H25N5S/c1-4-7-11-15-12(17-14)10-13(16-11)19-9-8-18(5-2)6-3/h10H,4-9,14H2,1-3H3,(H,15,16,17). The molecule has 0 amide bonds. The zero-order chi connectivity index (χ0) is 14.1. The van der Waals surface area contributed by atoms with Crippen molar-refractivity contribution in [1.29, 1.82) is 0 Å². The normalized spacial score (nSPS) is 11.0. The summed E-state index contributed by atoms with van der Waals surface area (Å²) >= 11 is 1.76. The first kappa shape index (κ1) is 16.2. The van der Waals surface area contributed by atoms with Crippen molar-refractivity contribution >= 4 is 17.6 Å². The fraction of sp³-hybridized carbons (Fsp3) is 0.692. The Kier molecular flexibility index (Phi) is 7.78. The van der Waals surface area contributed by atoms with Crippen molar-refractivity contribution in [3.8, 4) is 0 Å². The van der Waals surface area contributed by atoms with E-state index in [1.165, 1.54) is 0 Å². The molecule has 0 radical (unpaired) electrons. The number of nitrogen functional groups attached to an aromatic ring is 1. The molecule has 0 unspecified atom stereocenters. The van der Waals surface area contributed by atoms with Crippen LogP contribution < -0.4 is 11.3 Å². The van der Waals surface area contributed by atoms with Crippen molar-refractivity contribution < 1.29 is 0 Å². The molecular weight excluding hydrogens is 258 g/mol. The van der Waals surface area contributed by atoms with E-state index in [-0.39, 0.29) is 0 Å². The van der Waals surface area contributed by atoms with Gasteiger partial charge in [0, 0.05) is 24.8 Å². The Morgan fingerprint density at radius 3 is 2.58 bits per heavy atom. The quantitative estimate of drug-likeness (QED) is 0.313. The fourth-order valence-corrected chi connectivity index (χ4v) is 2.70. The van der Waals surface area contributed by atoms with Crippen LogP contribution in [0.15, 0.2) is 11.1 Å². The lowest BCUT2D eigenvalue weighted by Gasteiger charge is -2.17. The molecule has 5 nitrogen and oxygen atoms in total. The van der Waals surface area contributed by atoms with Crippen LogP contribution in [0, 0.1) is 0 Å². The fourth-order valence-electron chi connectivity index (χ4n) is 1.78. The molecule has 1 aromatic rings. The van der Waals surface area contributed by atoms with Crippen molar-refractivity contribution in [1.82, 2.24) is 14.9 Å². The number of anilines is 1. The largest absolute Gasteiger partial charge is 0.308 e. The second-order valence-corrected chi connectivity index (χ2v) is 5.39. The van der Waals surface area contributed by atoms with Gasteiger partial charge in [-0.2, -0.15) is 0 Å². The summed E-state index contributed by atoms with van der Waals surface area (Å²) in [6, 6.07) is 1.91. The Labute approximate surface area is 120 Å². The molecule has 3 N–H and O–H groups in total. The van der Waals surface area contributed by atoms with Gasteiger partial charge in [-0.1, -0.05) is 20.8 Å². The number of hydrazine groups is 1. The lowest BCUT2D eigenvalue weighted by atomic mass is 10.3. The van der Waals surface area contributed by atoms with E-state index in [9.17, 15) is 0 Å². The number of rotatable bonds is 9. The van der Waals surface area contributed by atoms with Gasteiger partial charge in [0.05, 0.1) is 0 Å². The lowest BCUT2D eigenvalue weighted by molar-refractivity contribution is 0.324. The summed E-state index contributed by atoms with van der Waals surface area (Å²) in [4.78, 5) is 11.3. The summed E-state index contributed by atoms with van der Waals surface area (Å²) in [7, 11) is 0. The average molecular weight is 283 g/mol. The third-order valence-electron chi connectivity index (χ3n) is 2.92. The van der Waals surface area contributed by atoms with Gasteiger partial charge in [0.2, 0.25) is 0 Å². The molecule has 1 heterocycles. The van der Waals surface area contributed by atoms with Gasteiger partial charge in [0.25, 0.3) is 0 Å². The summed E-state index contributed by atoms with van der Waals surface area (Å²) in [5.74, 6) is 8.04. The zero-order valence-electron chi connectivity index (χ0n) is 12.1. The smallest absolute Gasteiger partial charge is 0.144 e. The summed E-state index contributed by atoms with van der Waals surface area (Å²) < 4.78 is 0. The monoisotopic (exact) mass is 283 g/mol. The first-order valence-electron chi connectivity index (χ1n) is 6.93. The van der Waals surface area contributed by atoms with E-state index < -0.39 is 0 Å². The molecule has 0 saturated carbocycles. The summed E-state index contributed by atoms with van der Waals surface area (Å²) in [6.45, 7) is 9.77. The van der Waals surface area contributed by atoms with E-state index in [1.807, 2.05) is 6.07 Å². The van der Waals surface area contributed by atoms with Crippen LogP contribution in [0.1, 0.15) is 33.0 Å². The Morgan fingerprint density at radius 2 is 2.00 bits per heavy atom. The number of hydrogen-bond acceptors (Lipinski definition) is 6. The van der Waals surface area contributed by atoms with Crippen molar-refractivity contribution in [2.75, 3.05) is 30.8 Å². The Morgan fingerprint density at radius 1 is 1.26 bits per heavy atom. The molecule has 0 saturated heterocycles. The number of nitrogens with one attached hydrogen (secondary N) is 1.